The summed E-state index contributed by atoms with van der Waals surface area (Å²) in [4.78, 5) is 6.15. The van der Waals surface area contributed by atoms with Crippen molar-refractivity contribution in [3.8, 4) is 0 Å². The third-order valence-electron chi connectivity index (χ3n) is 4.33. The number of rotatable bonds is 7. The molecule has 0 spiro atoms. The van der Waals surface area contributed by atoms with Crippen molar-refractivity contribution in [1.29, 1.82) is 0 Å². The normalized spacial score (nSPS) is 12.1. The van der Waals surface area contributed by atoms with Crippen LogP contribution in [-0.2, 0) is 20.0 Å². The maximum Gasteiger partial charge on any atom is 0.0483 e. The van der Waals surface area contributed by atoms with E-state index in [-0.39, 0.29) is 0 Å². The average molecular weight is 309 g/mol. The molecule has 2 rings (SSSR count). The Labute approximate surface area is 139 Å². The number of aliphatic imine (C=N–C) groups is 1. The summed E-state index contributed by atoms with van der Waals surface area (Å²) in [6, 6.07) is 6.71. The first-order chi connectivity index (χ1) is 11.0. The number of fused-ring (bicyclic) bond motifs is 1. The number of hydrogen-bond acceptors (Lipinski definition) is 2. The summed E-state index contributed by atoms with van der Waals surface area (Å²) in [6.07, 6.45) is 4.66. The molecule has 0 unspecified atom stereocenters. The molecule has 0 N–H and O–H groups in total. The number of nitrogens with zero attached hydrogens (tertiary/aromatic N) is 3. The van der Waals surface area contributed by atoms with Gasteiger partial charge in [-0.2, -0.15) is 0 Å². The molecule has 0 fully saturated rings. The molecule has 0 aliphatic rings. The number of benzene rings is 1. The highest BCUT2D eigenvalue weighted by Gasteiger charge is 2.15. The van der Waals surface area contributed by atoms with Crippen LogP contribution < -0.4 is 0 Å². The average Bonchev–Trinajstić information content (AvgIpc) is 2.78. The maximum absolute atomic E-state index is 3.85. The van der Waals surface area contributed by atoms with E-state index in [1.54, 1.807) is 6.20 Å². The first kappa shape index (κ1) is 17.2. The first-order valence-electron chi connectivity index (χ1n) is 8.04. The van der Waals surface area contributed by atoms with Crippen LogP contribution in [0, 0.1) is 6.92 Å². The standard InChI is InChI=1S/C20H27N3/c1-7-16(12-21-4)13-22(5)14-18-17-11-15(3)9-10-20(17)23(6)19(18)8-2/h7,9-12H,1,4,8,13-14H2,2-3,5-6H3/b16-12+. The number of aromatic nitrogens is 1. The van der Waals surface area contributed by atoms with E-state index in [2.05, 4.69) is 73.9 Å². The minimum atomic E-state index is 0.813. The molecule has 0 amide bonds. The number of likely N-dealkylation sites (N-methyl/N-ethyl adjacent to an activating group) is 1. The van der Waals surface area contributed by atoms with Crippen LogP contribution in [0.1, 0.15) is 23.7 Å². The lowest BCUT2D eigenvalue weighted by Crippen LogP contribution is -2.21. The Morgan fingerprint density at radius 3 is 2.74 bits per heavy atom. The van der Waals surface area contributed by atoms with Crippen LogP contribution in [0.2, 0.25) is 0 Å². The Bertz CT molecular complexity index is 750. The first-order valence-corrected chi connectivity index (χ1v) is 8.04. The zero-order valence-electron chi connectivity index (χ0n) is 14.8. The molecule has 0 saturated carbocycles. The van der Waals surface area contributed by atoms with Crippen LogP contribution in [-0.4, -0.2) is 29.8 Å². The second kappa shape index (κ2) is 7.42. The van der Waals surface area contributed by atoms with Crippen LogP contribution in [0.4, 0.5) is 0 Å². The van der Waals surface area contributed by atoms with E-state index in [4.69, 9.17) is 0 Å². The highest BCUT2D eigenvalue weighted by molar-refractivity contribution is 5.86. The van der Waals surface area contributed by atoms with Gasteiger partial charge in [0.1, 0.15) is 0 Å². The Kier molecular flexibility index (Phi) is 5.56. The van der Waals surface area contributed by atoms with Gasteiger partial charge in [-0.1, -0.05) is 31.2 Å². The van der Waals surface area contributed by atoms with Gasteiger partial charge in [-0.15, -0.1) is 0 Å². The monoisotopic (exact) mass is 309 g/mol. The van der Waals surface area contributed by atoms with Crippen molar-refractivity contribution in [3.63, 3.8) is 0 Å². The zero-order valence-corrected chi connectivity index (χ0v) is 14.8. The number of aryl methyl sites for hydroxylation is 2. The van der Waals surface area contributed by atoms with Crippen LogP contribution in [0.5, 0.6) is 0 Å². The molecule has 0 atom stereocenters. The molecule has 122 valence electrons. The van der Waals surface area contributed by atoms with Gasteiger partial charge in [0.15, 0.2) is 0 Å². The van der Waals surface area contributed by atoms with Crippen molar-refractivity contribution in [2.45, 2.75) is 26.8 Å². The molecule has 1 aromatic carbocycles. The summed E-state index contributed by atoms with van der Waals surface area (Å²) >= 11 is 0. The van der Waals surface area contributed by atoms with Gasteiger partial charge in [-0.3, -0.25) is 9.89 Å². The Morgan fingerprint density at radius 2 is 2.13 bits per heavy atom. The lowest BCUT2D eigenvalue weighted by atomic mass is 10.1. The highest BCUT2D eigenvalue weighted by atomic mass is 15.1. The Morgan fingerprint density at radius 1 is 1.39 bits per heavy atom. The smallest absolute Gasteiger partial charge is 0.0483 e. The molecule has 1 heterocycles. The Hall–Kier alpha value is -2.13. The maximum atomic E-state index is 3.85. The van der Waals surface area contributed by atoms with Crippen molar-refractivity contribution >= 4 is 17.6 Å². The molecule has 0 saturated heterocycles. The minimum Gasteiger partial charge on any atom is -0.347 e. The molecule has 3 heteroatoms. The lowest BCUT2D eigenvalue weighted by molar-refractivity contribution is 0.357. The van der Waals surface area contributed by atoms with Gasteiger partial charge in [-0.05, 0) is 50.4 Å². The lowest BCUT2D eigenvalue weighted by Gasteiger charge is -2.18. The summed E-state index contributed by atoms with van der Waals surface area (Å²) in [6.45, 7) is 13.5. The van der Waals surface area contributed by atoms with E-state index < -0.39 is 0 Å². The van der Waals surface area contributed by atoms with Gasteiger partial charge in [0, 0.05) is 42.9 Å². The fraction of sp³-hybridized carbons (Fsp3) is 0.350. The largest absolute Gasteiger partial charge is 0.347 e. The fourth-order valence-corrected chi connectivity index (χ4v) is 3.23. The van der Waals surface area contributed by atoms with Crippen LogP contribution in [0.25, 0.3) is 10.9 Å². The van der Waals surface area contributed by atoms with Crippen LogP contribution >= 0.6 is 0 Å². The molecular weight excluding hydrogens is 282 g/mol. The topological polar surface area (TPSA) is 20.5 Å². The van der Waals surface area contributed by atoms with E-state index in [0.29, 0.717) is 0 Å². The van der Waals surface area contributed by atoms with Gasteiger partial charge >= 0.3 is 0 Å². The molecule has 23 heavy (non-hydrogen) atoms. The number of hydrogen-bond donors (Lipinski definition) is 0. The highest BCUT2D eigenvalue weighted by Crippen LogP contribution is 2.28. The van der Waals surface area contributed by atoms with E-state index >= 15 is 0 Å². The Balaban J connectivity index is 2.38. The quantitative estimate of drug-likeness (QED) is 0.553. The van der Waals surface area contributed by atoms with Gasteiger partial charge in [0.05, 0.1) is 0 Å². The molecule has 1 aromatic heterocycles. The van der Waals surface area contributed by atoms with Crippen molar-refractivity contribution in [1.82, 2.24) is 9.47 Å². The molecule has 0 bridgehead atoms. The molecule has 2 aromatic rings. The summed E-state index contributed by atoms with van der Waals surface area (Å²) in [5.41, 5.74) is 6.52. The molecular formula is C20H27N3. The van der Waals surface area contributed by atoms with Gasteiger partial charge in [0.25, 0.3) is 0 Å². The van der Waals surface area contributed by atoms with Gasteiger partial charge in [-0.25, -0.2) is 0 Å². The molecule has 0 aliphatic heterocycles. The third-order valence-corrected chi connectivity index (χ3v) is 4.33. The van der Waals surface area contributed by atoms with Crippen molar-refractivity contribution < 1.29 is 0 Å². The van der Waals surface area contributed by atoms with Crippen molar-refractivity contribution in [2.75, 3.05) is 13.6 Å². The second-order valence-electron chi connectivity index (χ2n) is 6.12. The van der Waals surface area contributed by atoms with Crippen LogP contribution in [0.15, 0.2) is 47.6 Å². The summed E-state index contributed by atoms with van der Waals surface area (Å²) in [5.74, 6) is 0. The predicted octanol–water partition coefficient (Wildman–Crippen LogP) is 4.25. The predicted molar refractivity (Wildman–Crippen MR) is 101 cm³/mol. The minimum absolute atomic E-state index is 0.813. The molecule has 3 nitrogen and oxygen atoms in total. The van der Waals surface area contributed by atoms with Gasteiger partial charge < -0.3 is 4.57 Å². The summed E-state index contributed by atoms with van der Waals surface area (Å²) < 4.78 is 2.33. The SMILES string of the molecule is C=C/C(=C\N=C)CN(C)Cc1c(CC)n(C)c2ccc(C)cc12. The second-order valence-corrected chi connectivity index (χ2v) is 6.12. The van der Waals surface area contributed by atoms with E-state index in [9.17, 15) is 0 Å². The van der Waals surface area contributed by atoms with E-state index in [1.165, 1.54) is 27.7 Å². The summed E-state index contributed by atoms with van der Waals surface area (Å²) in [5, 5.41) is 1.36. The van der Waals surface area contributed by atoms with Crippen LogP contribution in [0.3, 0.4) is 0 Å². The van der Waals surface area contributed by atoms with Gasteiger partial charge in [0.2, 0.25) is 0 Å². The zero-order chi connectivity index (χ0) is 17.0. The van der Waals surface area contributed by atoms with E-state index in [0.717, 1.165) is 25.1 Å². The van der Waals surface area contributed by atoms with E-state index in [1.807, 2.05) is 6.08 Å². The molecule has 0 radical (unpaired) electrons. The van der Waals surface area contributed by atoms with Crippen molar-refractivity contribution in [3.05, 3.63) is 59.4 Å². The third kappa shape index (κ3) is 3.62. The van der Waals surface area contributed by atoms with Crippen molar-refractivity contribution in [2.24, 2.45) is 12.0 Å². The summed E-state index contributed by atoms with van der Waals surface area (Å²) in [7, 11) is 4.30. The fourth-order valence-electron chi connectivity index (χ4n) is 3.23. The molecule has 0 aliphatic carbocycles.